The summed E-state index contributed by atoms with van der Waals surface area (Å²) >= 11 is 0. The molecule has 0 saturated heterocycles. The molecule has 0 fully saturated rings. The van der Waals surface area contributed by atoms with Crippen LogP contribution in [0, 0.1) is 24.7 Å². The van der Waals surface area contributed by atoms with E-state index in [4.69, 9.17) is 55.5 Å². The molecule has 0 saturated carbocycles. The van der Waals surface area contributed by atoms with E-state index >= 15 is 0 Å². The van der Waals surface area contributed by atoms with E-state index in [1.54, 1.807) is 0 Å². The van der Waals surface area contributed by atoms with E-state index in [0.717, 1.165) is 44.1 Å². The van der Waals surface area contributed by atoms with Crippen LogP contribution in [0.1, 0.15) is 69.8 Å². The van der Waals surface area contributed by atoms with Crippen LogP contribution in [0.2, 0.25) is 0 Å². The third-order valence-electron chi connectivity index (χ3n) is 7.12. The van der Waals surface area contributed by atoms with E-state index < -0.39 is 0 Å². The topological polar surface area (TPSA) is 129 Å². The molecule has 0 bridgehead atoms. The van der Waals surface area contributed by atoms with Crippen LogP contribution in [-0.2, 0) is 58.8 Å². The summed E-state index contributed by atoms with van der Waals surface area (Å²) < 4.78 is 49.9. The van der Waals surface area contributed by atoms with E-state index in [1.165, 1.54) is 0 Å². The summed E-state index contributed by atoms with van der Waals surface area (Å²) in [5.41, 5.74) is 0.943. The summed E-state index contributed by atoms with van der Waals surface area (Å²) in [7, 11) is 0. The molecule has 12 heteroatoms. The van der Waals surface area contributed by atoms with Crippen LogP contribution in [0.3, 0.4) is 0 Å². The van der Waals surface area contributed by atoms with Crippen molar-refractivity contribution in [3.05, 3.63) is 35.9 Å². The lowest BCUT2D eigenvalue weighted by Crippen LogP contribution is -2.41. The first-order chi connectivity index (χ1) is 25.7. The van der Waals surface area contributed by atoms with E-state index in [1.807, 2.05) is 30.3 Å². The van der Waals surface area contributed by atoms with Crippen molar-refractivity contribution in [2.45, 2.75) is 76.9 Å². The maximum atomic E-state index is 12.7. The summed E-state index contributed by atoms with van der Waals surface area (Å²) in [6.07, 6.45) is 16.7. The zero-order valence-corrected chi connectivity index (χ0v) is 31.2. The first kappa shape index (κ1) is 47.0. The predicted molar refractivity (Wildman–Crippen MR) is 199 cm³/mol. The first-order valence-corrected chi connectivity index (χ1v) is 18.6. The summed E-state index contributed by atoms with van der Waals surface area (Å²) in [5.74, 6) is 4.49. The fourth-order valence-corrected chi connectivity index (χ4v) is 4.50. The van der Waals surface area contributed by atoms with Crippen molar-refractivity contribution < 1.29 is 52.2 Å². The highest BCUT2D eigenvalue weighted by Crippen LogP contribution is 2.06. The van der Waals surface area contributed by atoms with Crippen molar-refractivity contribution >= 4 is 11.9 Å². The van der Waals surface area contributed by atoms with Gasteiger partial charge in [-0.3, -0.25) is 9.59 Å². The monoisotopic (exact) mass is 733 g/mol. The number of terminal acetylenes is 2. The Morgan fingerprint density at radius 2 is 0.942 bits per heavy atom. The summed E-state index contributed by atoms with van der Waals surface area (Å²) in [4.78, 5) is 24.8. The van der Waals surface area contributed by atoms with E-state index in [-0.39, 0.29) is 30.9 Å². The van der Waals surface area contributed by atoms with Gasteiger partial charge in [-0.15, -0.1) is 12.8 Å². The second-order valence-corrected chi connectivity index (χ2v) is 11.9. The number of carbonyl (C=O) groups excluding carboxylic acids is 2. The van der Waals surface area contributed by atoms with Gasteiger partial charge in [0.05, 0.1) is 32.5 Å². The molecule has 0 spiro atoms. The number of ether oxygens (including phenoxy) is 9. The maximum Gasteiger partial charge on any atom is 0.306 e. The molecule has 0 unspecified atom stereocenters. The standard InChI is InChI=1S/C40H63NO11/c1-3-20-44-22-10-24-46-26-12-28-48-30-14-32-50-35-38(36-51-33-15-31-49-29-13-27-47-25-11-23-45-21-4-2)41-39(42)18-8-9-19-40(43)52-34-37-16-6-5-7-17-37/h1-2,5-7,16-17,38H,8-15,18-36H2,(H,41,42). The van der Waals surface area contributed by atoms with Gasteiger partial charge in [0.2, 0.25) is 5.91 Å². The number of amides is 1. The number of benzene rings is 1. The Hall–Kier alpha value is -3.04. The summed E-state index contributed by atoms with van der Waals surface area (Å²) in [5, 5.41) is 3.02. The molecule has 1 N–H and O–H groups in total. The SMILES string of the molecule is C#CCOCCCOCCCOCCCOCC(COCCCOCCCOCCCOCC#C)NC(=O)CCCCC(=O)OCc1ccccc1. The average molecular weight is 734 g/mol. The number of esters is 1. The first-order valence-electron chi connectivity index (χ1n) is 18.6. The van der Waals surface area contributed by atoms with E-state index in [2.05, 4.69) is 17.2 Å². The molecule has 0 aliphatic carbocycles. The zero-order valence-electron chi connectivity index (χ0n) is 31.2. The van der Waals surface area contributed by atoms with Gasteiger partial charge in [-0.1, -0.05) is 42.2 Å². The Morgan fingerprint density at radius 3 is 1.38 bits per heavy atom. The Morgan fingerprint density at radius 1 is 0.538 bits per heavy atom. The van der Waals surface area contributed by atoms with Crippen LogP contribution in [0.15, 0.2) is 30.3 Å². The smallest absolute Gasteiger partial charge is 0.306 e. The molecular formula is C40H63NO11. The van der Waals surface area contributed by atoms with E-state index in [0.29, 0.717) is 125 Å². The molecule has 0 atom stereocenters. The van der Waals surface area contributed by atoms with Crippen LogP contribution in [0.5, 0.6) is 0 Å². The fraction of sp³-hybridized carbons (Fsp3) is 0.700. The van der Waals surface area contributed by atoms with Crippen molar-refractivity contribution in [1.82, 2.24) is 5.32 Å². The Bertz CT molecular complexity index is 1000. The molecule has 12 nitrogen and oxygen atoms in total. The number of hydrogen-bond donors (Lipinski definition) is 1. The van der Waals surface area contributed by atoms with Gasteiger partial charge in [-0.05, 0) is 56.9 Å². The number of carbonyl (C=O) groups is 2. The summed E-state index contributed by atoms with van der Waals surface area (Å²) in [6, 6.07) is 9.25. The minimum absolute atomic E-state index is 0.105. The van der Waals surface area contributed by atoms with Crippen molar-refractivity contribution in [2.75, 3.05) is 106 Å². The minimum atomic E-state index is -0.298. The largest absolute Gasteiger partial charge is 0.461 e. The Kier molecular flexibility index (Phi) is 34.1. The Balaban J connectivity index is 2.20. The quantitative estimate of drug-likeness (QED) is 0.0586. The molecule has 1 amide bonds. The van der Waals surface area contributed by atoms with Gasteiger partial charge in [-0.2, -0.15) is 0 Å². The number of unbranched alkanes of at least 4 members (excludes halogenated alkanes) is 1. The lowest BCUT2D eigenvalue weighted by atomic mass is 10.2. The molecule has 0 aromatic heterocycles. The van der Waals surface area contributed by atoms with Gasteiger partial charge in [0.25, 0.3) is 0 Å². The second-order valence-electron chi connectivity index (χ2n) is 11.9. The third-order valence-corrected chi connectivity index (χ3v) is 7.12. The van der Waals surface area contributed by atoms with Crippen LogP contribution in [-0.4, -0.2) is 124 Å². The van der Waals surface area contributed by atoms with Gasteiger partial charge in [0, 0.05) is 78.9 Å². The maximum absolute atomic E-state index is 12.7. The highest BCUT2D eigenvalue weighted by Gasteiger charge is 2.14. The lowest BCUT2D eigenvalue weighted by Gasteiger charge is -2.19. The van der Waals surface area contributed by atoms with Crippen molar-refractivity contribution in [1.29, 1.82) is 0 Å². The molecule has 1 rings (SSSR count). The normalized spacial score (nSPS) is 11.0. The zero-order chi connectivity index (χ0) is 37.4. The summed E-state index contributed by atoms with van der Waals surface area (Å²) in [6.45, 7) is 8.71. The van der Waals surface area contributed by atoms with Crippen molar-refractivity contribution in [3.63, 3.8) is 0 Å². The van der Waals surface area contributed by atoms with Crippen LogP contribution < -0.4 is 5.32 Å². The molecular weight excluding hydrogens is 670 g/mol. The van der Waals surface area contributed by atoms with Gasteiger partial charge in [0.15, 0.2) is 0 Å². The minimum Gasteiger partial charge on any atom is -0.461 e. The van der Waals surface area contributed by atoms with Crippen LogP contribution in [0.25, 0.3) is 0 Å². The van der Waals surface area contributed by atoms with Gasteiger partial charge in [0.1, 0.15) is 19.8 Å². The number of hydrogen-bond acceptors (Lipinski definition) is 11. The molecule has 1 aromatic carbocycles. The third kappa shape index (κ3) is 32.8. The molecule has 0 radical (unpaired) electrons. The van der Waals surface area contributed by atoms with Gasteiger partial charge >= 0.3 is 5.97 Å². The van der Waals surface area contributed by atoms with Crippen molar-refractivity contribution in [3.8, 4) is 24.7 Å². The highest BCUT2D eigenvalue weighted by molar-refractivity contribution is 5.76. The van der Waals surface area contributed by atoms with Gasteiger partial charge in [-0.25, -0.2) is 0 Å². The molecule has 52 heavy (non-hydrogen) atoms. The van der Waals surface area contributed by atoms with Gasteiger partial charge < -0.3 is 47.9 Å². The fourth-order valence-electron chi connectivity index (χ4n) is 4.50. The van der Waals surface area contributed by atoms with Crippen LogP contribution in [0.4, 0.5) is 0 Å². The van der Waals surface area contributed by atoms with E-state index in [9.17, 15) is 9.59 Å². The predicted octanol–water partition coefficient (Wildman–Crippen LogP) is 4.51. The van der Waals surface area contributed by atoms with Crippen molar-refractivity contribution in [2.24, 2.45) is 0 Å². The molecule has 294 valence electrons. The Labute approximate surface area is 312 Å². The van der Waals surface area contributed by atoms with Crippen LogP contribution >= 0.6 is 0 Å². The number of nitrogens with one attached hydrogen (secondary N) is 1. The molecule has 1 aromatic rings. The molecule has 0 heterocycles. The molecule has 0 aliphatic heterocycles. The average Bonchev–Trinajstić information content (AvgIpc) is 3.16. The lowest BCUT2D eigenvalue weighted by molar-refractivity contribution is -0.145. The second kappa shape index (κ2) is 37.7. The molecule has 0 aliphatic rings. The number of rotatable bonds is 38. The highest BCUT2D eigenvalue weighted by atomic mass is 16.5.